The number of hydrogen-bond donors (Lipinski definition) is 0. The average molecular weight is 395 g/mol. The summed E-state index contributed by atoms with van der Waals surface area (Å²) in [5.74, 6) is 0.966. The molecule has 156 valence electrons. The smallest absolute Gasteiger partial charge is 0.122 e. The van der Waals surface area contributed by atoms with Gasteiger partial charge in [-0.2, -0.15) is 0 Å². The van der Waals surface area contributed by atoms with Gasteiger partial charge in [-0.25, -0.2) is 0 Å². The first-order valence-electron chi connectivity index (χ1n) is 10.4. The fourth-order valence-electron chi connectivity index (χ4n) is 4.44. The predicted octanol–water partition coefficient (Wildman–Crippen LogP) is 5.10. The third-order valence-corrected chi connectivity index (χ3v) is 5.89. The molecule has 1 heterocycles. The van der Waals surface area contributed by atoms with E-state index in [4.69, 9.17) is 14.5 Å². The molecule has 0 aliphatic carbocycles. The molecule has 0 saturated carbocycles. The average Bonchev–Trinajstić information content (AvgIpc) is 2.71. The molecule has 0 radical (unpaired) electrons. The lowest BCUT2D eigenvalue weighted by molar-refractivity contribution is -0.0839. The van der Waals surface area contributed by atoms with Crippen molar-refractivity contribution in [3.63, 3.8) is 0 Å². The number of methoxy groups -OCH3 is 1. The Labute approximate surface area is 175 Å². The van der Waals surface area contributed by atoms with Crippen molar-refractivity contribution in [3.05, 3.63) is 59.7 Å². The Morgan fingerprint density at radius 3 is 2.48 bits per heavy atom. The van der Waals surface area contributed by atoms with Crippen molar-refractivity contribution in [1.29, 1.82) is 0 Å². The largest absolute Gasteiger partial charge is 0.496 e. The highest BCUT2D eigenvalue weighted by atomic mass is 16.5. The van der Waals surface area contributed by atoms with Crippen molar-refractivity contribution < 1.29 is 9.47 Å². The Morgan fingerprint density at radius 1 is 1.10 bits per heavy atom. The summed E-state index contributed by atoms with van der Waals surface area (Å²) >= 11 is 0. The van der Waals surface area contributed by atoms with Crippen LogP contribution in [0.5, 0.6) is 5.75 Å². The van der Waals surface area contributed by atoms with E-state index in [1.54, 1.807) is 7.11 Å². The first-order chi connectivity index (χ1) is 13.9. The Bertz CT molecular complexity index is 827. The van der Waals surface area contributed by atoms with E-state index < -0.39 is 0 Å². The number of anilines is 1. The molecule has 3 rings (SSSR count). The summed E-state index contributed by atoms with van der Waals surface area (Å²) in [5.41, 5.74) is 3.48. The highest BCUT2D eigenvalue weighted by Crippen LogP contribution is 2.47. The van der Waals surface area contributed by atoms with Crippen molar-refractivity contribution in [2.45, 2.75) is 44.1 Å². The highest BCUT2D eigenvalue weighted by molar-refractivity contribution is 5.80. The maximum Gasteiger partial charge on any atom is 0.122 e. The molecule has 1 atom stereocenters. The van der Waals surface area contributed by atoms with Crippen LogP contribution in [0.15, 0.2) is 53.5 Å². The number of para-hydroxylation sites is 1. The first kappa shape index (κ1) is 21.4. The van der Waals surface area contributed by atoms with Gasteiger partial charge >= 0.3 is 0 Å². The zero-order valence-electron chi connectivity index (χ0n) is 18.4. The van der Waals surface area contributed by atoms with Crippen molar-refractivity contribution in [2.75, 3.05) is 39.3 Å². The first-order valence-corrected chi connectivity index (χ1v) is 10.4. The number of aliphatic imine (C=N–C) groups is 1. The number of benzene rings is 2. The second kappa shape index (κ2) is 9.00. The molecule has 0 N–H and O–H groups in total. The molecule has 0 amide bonds. The van der Waals surface area contributed by atoms with Gasteiger partial charge in [0, 0.05) is 50.1 Å². The molecular weight excluding hydrogens is 360 g/mol. The second-order valence-electron chi connectivity index (χ2n) is 8.79. The van der Waals surface area contributed by atoms with Crippen LogP contribution in [0.3, 0.4) is 0 Å². The van der Waals surface area contributed by atoms with E-state index in [2.05, 4.69) is 75.3 Å². The van der Waals surface area contributed by atoms with E-state index >= 15 is 0 Å². The maximum absolute atomic E-state index is 6.04. The summed E-state index contributed by atoms with van der Waals surface area (Å²) in [6.45, 7) is 5.92. The van der Waals surface area contributed by atoms with Crippen molar-refractivity contribution >= 4 is 11.9 Å². The monoisotopic (exact) mass is 394 g/mol. The SMILES string of the molecule is COc1ccccc1C1(CCN=Cc2ccc(N(C)C)cc2)CCOC(C)(C)C1. The number of ether oxygens (including phenoxy) is 2. The van der Waals surface area contributed by atoms with Gasteiger partial charge in [-0.1, -0.05) is 30.3 Å². The van der Waals surface area contributed by atoms with Crippen LogP contribution in [0.4, 0.5) is 5.69 Å². The highest BCUT2D eigenvalue weighted by Gasteiger charge is 2.43. The van der Waals surface area contributed by atoms with Gasteiger partial charge in [-0.15, -0.1) is 0 Å². The van der Waals surface area contributed by atoms with E-state index in [-0.39, 0.29) is 11.0 Å². The summed E-state index contributed by atoms with van der Waals surface area (Å²) in [7, 11) is 5.86. The molecule has 1 aliphatic heterocycles. The molecule has 1 aliphatic rings. The van der Waals surface area contributed by atoms with Crippen LogP contribution in [-0.4, -0.2) is 46.2 Å². The van der Waals surface area contributed by atoms with E-state index in [0.29, 0.717) is 0 Å². The molecule has 0 spiro atoms. The lowest BCUT2D eigenvalue weighted by Gasteiger charge is -2.45. The predicted molar refractivity (Wildman–Crippen MR) is 122 cm³/mol. The zero-order valence-corrected chi connectivity index (χ0v) is 18.4. The summed E-state index contributed by atoms with van der Waals surface area (Å²) in [5, 5.41) is 0. The van der Waals surface area contributed by atoms with Gasteiger partial charge in [0.2, 0.25) is 0 Å². The minimum absolute atomic E-state index is 0.0144. The van der Waals surface area contributed by atoms with Crippen LogP contribution in [0, 0.1) is 0 Å². The fraction of sp³-hybridized carbons (Fsp3) is 0.480. The van der Waals surface area contributed by atoms with Gasteiger partial charge in [-0.05, 0) is 56.9 Å². The van der Waals surface area contributed by atoms with Crippen LogP contribution in [0.25, 0.3) is 0 Å². The molecule has 1 saturated heterocycles. The van der Waals surface area contributed by atoms with E-state index in [1.807, 2.05) is 12.3 Å². The Morgan fingerprint density at radius 2 is 1.83 bits per heavy atom. The van der Waals surface area contributed by atoms with Gasteiger partial charge in [0.1, 0.15) is 5.75 Å². The van der Waals surface area contributed by atoms with Crippen LogP contribution in [0.1, 0.15) is 44.2 Å². The maximum atomic E-state index is 6.04. The number of rotatable bonds is 7. The minimum Gasteiger partial charge on any atom is -0.496 e. The third-order valence-electron chi connectivity index (χ3n) is 5.89. The van der Waals surface area contributed by atoms with Crippen LogP contribution < -0.4 is 9.64 Å². The van der Waals surface area contributed by atoms with E-state index in [9.17, 15) is 0 Å². The van der Waals surface area contributed by atoms with Crippen molar-refractivity contribution in [1.82, 2.24) is 0 Å². The van der Waals surface area contributed by atoms with E-state index in [0.717, 1.165) is 43.7 Å². The number of hydrogen-bond acceptors (Lipinski definition) is 4. The molecule has 29 heavy (non-hydrogen) atoms. The van der Waals surface area contributed by atoms with Crippen LogP contribution in [0.2, 0.25) is 0 Å². The Kier molecular flexibility index (Phi) is 6.63. The molecule has 1 unspecified atom stereocenters. The summed E-state index contributed by atoms with van der Waals surface area (Å²) in [6.07, 6.45) is 4.92. The topological polar surface area (TPSA) is 34.1 Å². The van der Waals surface area contributed by atoms with Crippen molar-refractivity contribution in [2.24, 2.45) is 4.99 Å². The minimum atomic E-state index is -0.148. The van der Waals surface area contributed by atoms with Gasteiger partial charge < -0.3 is 14.4 Å². The van der Waals surface area contributed by atoms with Gasteiger partial charge in [0.05, 0.1) is 12.7 Å². The number of nitrogens with zero attached hydrogens (tertiary/aromatic N) is 2. The van der Waals surface area contributed by atoms with Gasteiger partial charge in [0.25, 0.3) is 0 Å². The molecule has 2 aromatic rings. The molecule has 4 heteroatoms. The summed E-state index contributed by atoms with van der Waals surface area (Å²) in [6, 6.07) is 16.9. The zero-order chi connectivity index (χ0) is 20.9. The third kappa shape index (κ3) is 5.18. The Balaban J connectivity index is 1.77. The molecule has 2 aromatic carbocycles. The normalized spacial score (nSPS) is 21.3. The standard InChI is InChI=1S/C25H34N2O2/c1-24(2)19-25(15-17-29-24,22-8-6-7-9-23(22)28-5)14-16-26-18-20-10-12-21(13-11-20)27(3)4/h6-13,18H,14-17,19H2,1-5H3. The van der Waals surface area contributed by atoms with E-state index in [1.165, 1.54) is 11.3 Å². The summed E-state index contributed by atoms with van der Waals surface area (Å²) < 4.78 is 11.8. The molecule has 0 aromatic heterocycles. The lowest BCUT2D eigenvalue weighted by Crippen LogP contribution is -2.44. The fourth-order valence-corrected chi connectivity index (χ4v) is 4.44. The molecule has 1 fully saturated rings. The second-order valence-corrected chi connectivity index (χ2v) is 8.79. The van der Waals surface area contributed by atoms with Crippen LogP contribution in [-0.2, 0) is 10.2 Å². The quantitative estimate of drug-likeness (QED) is 0.613. The Hall–Kier alpha value is -2.33. The lowest BCUT2D eigenvalue weighted by atomic mass is 9.67. The van der Waals surface area contributed by atoms with Crippen molar-refractivity contribution in [3.8, 4) is 5.75 Å². The summed E-state index contributed by atoms with van der Waals surface area (Å²) in [4.78, 5) is 6.87. The molecular formula is C25H34N2O2. The molecule has 4 nitrogen and oxygen atoms in total. The molecule has 0 bridgehead atoms. The van der Waals surface area contributed by atoms with Crippen LogP contribution >= 0.6 is 0 Å². The van der Waals surface area contributed by atoms with Gasteiger partial charge in [0.15, 0.2) is 0 Å². The van der Waals surface area contributed by atoms with Gasteiger partial charge in [-0.3, -0.25) is 4.99 Å².